The van der Waals surface area contributed by atoms with E-state index in [9.17, 15) is 0 Å². The zero-order chi connectivity index (χ0) is 83.6. The largest absolute Gasteiger partial charge is 0.378 e. The van der Waals surface area contributed by atoms with E-state index in [-0.39, 0.29) is 43.8 Å². The zero-order valence-electron chi connectivity index (χ0n) is 74.8. The van der Waals surface area contributed by atoms with Gasteiger partial charge in [0.1, 0.15) is 0 Å². The molecule has 8 nitrogen and oxygen atoms in total. The molecule has 8 unspecified atom stereocenters. The van der Waals surface area contributed by atoms with E-state index in [0.29, 0.717) is 0 Å². The molecular formula is C114H118N8. The Morgan fingerprint density at radius 2 is 0.410 bits per heavy atom. The number of hydrogen-bond donors (Lipinski definition) is 0. The van der Waals surface area contributed by atoms with E-state index in [1.54, 1.807) is 0 Å². The van der Waals surface area contributed by atoms with Crippen molar-refractivity contribution in [2.75, 3.05) is 95.6 Å². The molecule has 0 N–H and O–H groups in total. The summed E-state index contributed by atoms with van der Waals surface area (Å²) in [5, 5.41) is 16.1. The normalized spacial score (nSPS) is 25.7. The maximum atomic E-state index is 2.75. The first-order valence-electron chi connectivity index (χ1n) is 46.0. The highest BCUT2D eigenvalue weighted by Gasteiger charge is 2.62. The summed E-state index contributed by atoms with van der Waals surface area (Å²) in [5.74, 6) is 0. The van der Waals surface area contributed by atoms with Crippen LogP contribution in [0.25, 0.3) is 109 Å². The minimum absolute atomic E-state index is 0.0664. The van der Waals surface area contributed by atoms with Crippen molar-refractivity contribution in [3.8, 4) is 44.5 Å². The van der Waals surface area contributed by atoms with Crippen molar-refractivity contribution in [1.82, 2.24) is 0 Å². The summed E-state index contributed by atoms with van der Waals surface area (Å²) in [7, 11) is 17.2. The van der Waals surface area contributed by atoms with Gasteiger partial charge in [-0.3, -0.25) is 0 Å². The predicted molar refractivity (Wildman–Crippen MR) is 524 cm³/mol. The van der Waals surface area contributed by atoms with E-state index in [0.717, 1.165) is 51.4 Å². The smallest absolute Gasteiger partial charge is 0.0517 e. The maximum absolute atomic E-state index is 2.75. The van der Waals surface area contributed by atoms with Crippen LogP contribution in [0.5, 0.6) is 0 Å². The fourth-order valence-corrected chi connectivity index (χ4v) is 27.2. The molecule has 4 aliphatic heterocycles. The standard InChI is InChI=1S/C114H118N8/c1-107-57-17-21-61-111(107,5)119(79-37-29-75(30-38-79)115(9)10)99-53-25-71(65-95(99)107)83-45-49-87-91-69-93-89-51-47-85(73-27-55-101-97(67-73)109(3)59-19-23-63-113(109,7)121(101)81-41-33-77(34-42-81)117(13)14)104-86(74-28-56-102-98(68-74)110(4)60-20-24-64-114(110,8)122(102)82-43-35-78(36-44-82)118(15)16)48-52-90(106(89)104)94(93)70-92(91)88-50-46-84(103(83)105(87)88)72-26-54-100-96(66-72)108(2)58-18-22-62-112(108,6)120(100)80-39-31-76(32-40-80)116(11)12/h25-56,65-70H,17-24,57-64H2,1-16H3. The fourth-order valence-electron chi connectivity index (χ4n) is 27.2. The van der Waals surface area contributed by atoms with E-state index < -0.39 is 0 Å². The maximum Gasteiger partial charge on any atom is 0.0517 e. The second-order valence-corrected chi connectivity index (χ2v) is 41.3. The quantitative estimate of drug-likeness (QED) is 0.119. The van der Waals surface area contributed by atoms with Crippen molar-refractivity contribution in [3.05, 3.63) is 253 Å². The van der Waals surface area contributed by atoms with Gasteiger partial charge in [-0.1, -0.05) is 152 Å². The number of hydrogen-bond acceptors (Lipinski definition) is 8. The van der Waals surface area contributed by atoms with E-state index in [1.807, 2.05) is 0 Å². The Bertz CT molecular complexity index is 6030. The Balaban J connectivity index is 0.746. The van der Waals surface area contributed by atoms with Gasteiger partial charge in [0, 0.05) is 146 Å². The molecule has 0 amide bonds. The average Bonchev–Trinajstić information content (AvgIpc) is 1.54. The van der Waals surface area contributed by atoms with Gasteiger partial charge in [-0.05, 0) is 368 Å². The second-order valence-electron chi connectivity index (χ2n) is 41.3. The van der Waals surface area contributed by atoms with Crippen molar-refractivity contribution in [2.45, 2.75) is 202 Å². The lowest BCUT2D eigenvalue weighted by Gasteiger charge is -2.50. The topological polar surface area (TPSA) is 25.9 Å². The van der Waals surface area contributed by atoms with Gasteiger partial charge in [-0.2, -0.15) is 0 Å². The van der Waals surface area contributed by atoms with Gasteiger partial charge in [0.05, 0.1) is 22.2 Å². The molecule has 0 aromatic heterocycles. The molecule has 23 rings (SSSR count). The molecule has 4 fully saturated rings. The van der Waals surface area contributed by atoms with Gasteiger partial charge < -0.3 is 39.2 Å². The minimum Gasteiger partial charge on any atom is -0.378 e. The Morgan fingerprint density at radius 1 is 0.205 bits per heavy atom. The van der Waals surface area contributed by atoms with E-state index in [2.05, 4.69) is 381 Å². The highest BCUT2D eigenvalue weighted by Crippen LogP contribution is 2.68. The second kappa shape index (κ2) is 26.2. The third-order valence-corrected chi connectivity index (χ3v) is 34.8. The SMILES string of the molecule is CN(C)c1ccc(N2c3ccc(-c4ccc5c6cc7c(cc6c6ccc(-c8ccc9c(c8)C8(C)CCCCC8(C)N9c8ccc(N(C)C)cc8)c4c56)c4ccc(-c5ccc6c(c5)C5(C)CCCCC5(C)N6c5ccc(N(C)C)cc5)c5c(-c6ccc8c(c6)C6(C)CCCCC6(C)N8c6ccc(N(C)C)cc6)ccc7c54)cc3C3(C)CCCCC23C)cc1. The lowest BCUT2D eigenvalue weighted by molar-refractivity contribution is 0.195. The molecule has 0 bridgehead atoms. The van der Waals surface area contributed by atoms with Gasteiger partial charge in [-0.15, -0.1) is 0 Å². The number of fused-ring (bicyclic) bond motifs is 18. The Morgan fingerprint density at radius 3 is 0.615 bits per heavy atom. The lowest BCUT2D eigenvalue weighted by Crippen LogP contribution is -2.54. The predicted octanol–water partition coefficient (Wildman–Crippen LogP) is 29.4. The minimum atomic E-state index is -0.0937. The van der Waals surface area contributed by atoms with E-state index in [4.69, 9.17) is 0 Å². The van der Waals surface area contributed by atoms with Crippen LogP contribution in [0.4, 0.5) is 68.2 Å². The molecule has 15 aromatic rings. The summed E-state index contributed by atoms with van der Waals surface area (Å²) >= 11 is 0. The highest BCUT2D eigenvalue weighted by atomic mass is 15.3. The first-order chi connectivity index (χ1) is 58.7. The molecule has 0 spiro atoms. The molecule has 8 aliphatic rings. The number of anilines is 12. The summed E-state index contributed by atoms with van der Waals surface area (Å²) in [6.45, 7) is 20.8. The van der Waals surface area contributed by atoms with Crippen molar-refractivity contribution in [3.63, 3.8) is 0 Å². The summed E-state index contributed by atoms with van der Waals surface area (Å²) in [6.07, 6.45) is 19.1. The molecular weight excluding hydrogens is 1480 g/mol. The van der Waals surface area contributed by atoms with Crippen molar-refractivity contribution >= 4 is 133 Å². The average molecular weight is 1600 g/mol. The van der Waals surface area contributed by atoms with Gasteiger partial charge >= 0.3 is 0 Å². The number of rotatable bonds is 12. The van der Waals surface area contributed by atoms with Gasteiger partial charge in [-0.25, -0.2) is 0 Å². The van der Waals surface area contributed by atoms with Crippen LogP contribution in [0.3, 0.4) is 0 Å². The third kappa shape index (κ3) is 9.93. The number of benzene rings is 13. The first kappa shape index (κ1) is 75.7. The van der Waals surface area contributed by atoms with Crippen molar-refractivity contribution in [1.29, 1.82) is 0 Å². The molecule has 0 saturated heterocycles. The van der Waals surface area contributed by atoms with Crippen molar-refractivity contribution in [2.24, 2.45) is 0 Å². The van der Waals surface area contributed by atoms with Gasteiger partial charge in [0.15, 0.2) is 0 Å². The molecule has 122 heavy (non-hydrogen) atoms. The van der Waals surface area contributed by atoms with E-state index in [1.165, 1.54) is 251 Å². The van der Waals surface area contributed by atoms with Crippen LogP contribution in [0.1, 0.15) is 180 Å². The molecule has 15 aromatic carbocycles. The van der Waals surface area contributed by atoms with Crippen LogP contribution in [-0.4, -0.2) is 78.5 Å². The molecule has 8 heteroatoms. The van der Waals surface area contributed by atoms with Crippen molar-refractivity contribution < 1.29 is 0 Å². The summed E-state index contributed by atoms with van der Waals surface area (Å²) < 4.78 is 0. The van der Waals surface area contributed by atoms with Crippen LogP contribution in [0.15, 0.2) is 231 Å². The van der Waals surface area contributed by atoms with Crippen LogP contribution in [-0.2, 0) is 21.7 Å². The van der Waals surface area contributed by atoms with Gasteiger partial charge in [0.25, 0.3) is 0 Å². The summed E-state index contributed by atoms with van der Waals surface area (Å²) in [6, 6.07) is 93.8. The van der Waals surface area contributed by atoms with E-state index >= 15 is 0 Å². The monoisotopic (exact) mass is 1600 g/mol. The Labute approximate surface area is 723 Å². The Hall–Kier alpha value is -11.2. The van der Waals surface area contributed by atoms with Crippen LogP contribution in [0.2, 0.25) is 0 Å². The first-order valence-corrected chi connectivity index (χ1v) is 46.0. The highest BCUT2D eigenvalue weighted by molar-refractivity contribution is 6.40. The lowest BCUT2D eigenvalue weighted by atomic mass is 9.61. The van der Waals surface area contributed by atoms with Gasteiger partial charge in [0.2, 0.25) is 0 Å². The molecule has 0 radical (unpaired) electrons. The summed E-state index contributed by atoms with van der Waals surface area (Å²) in [5.41, 5.74) is 31.2. The number of nitrogens with zero attached hydrogens (tertiary/aromatic N) is 8. The van der Waals surface area contributed by atoms with Crippen LogP contribution < -0.4 is 39.2 Å². The zero-order valence-corrected chi connectivity index (χ0v) is 74.8. The van der Waals surface area contributed by atoms with Crippen LogP contribution in [0, 0.1) is 0 Å². The third-order valence-electron chi connectivity index (χ3n) is 34.8. The molecule has 4 saturated carbocycles. The summed E-state index contributed by atoms with van der Waals surface area (Å²) in [4.78, 5) is 19.9. The molecule has 4 heterocycles. The van der Waals surface area contributed by atoms with Crippen LogP contribution >= 0.6 is 0 Å². The Kier molecular flexibility index (Phi) is 16.2. The molecule has 8 atom stereocenters. The molecule has 614 valence electrons. The fraction of sp³-hybridized carbons (Fsp3) is 0.351. The molecule has 4 aliphatic carbocycles.